The molecule has 126 valence electrons. The number of hydrogen-bond acceptors (Lipinski definition) is 5. The molecule has 0 radical (unpaired) electrons. The van der Waals surface area contributed by atoms with Crippen molar-refractivity contribution in [2.75, 3.05) is 20.8 Å². The van der Waals surface area contributed by atoms with Crippen molar-refractivity contribution in [2.45, 2.75) is 12.5 Å². The van der Waals surface area contributed by atoms with Gasteiger partial charge in [0.1, 0.15) is 6.04 Å². The quantitative estimate of drug-likeness (QED) is 0.663. The Labute approximate surface area is 139 Å². The Balaban J connectivity index is 2.13. The fourth-order valence-electron chi connectivity index (χ4n) is 3.16. The number of non-ortho nitro benzene ring substituents is 1. The Hall–Kier alpha value is -2.80. The third kappa shape index (κ3) is 2.74. The zero-order chi connectivity index (χ0) is 17.3. The van der Waals surface area contributed by atoms with E-state index in [9.17, 15) is 15.2 Å². The molecule has 0 aromatic heterocycles. The monoisotopic (exact) mass is 330 g/mol. The molecule has 7 heteroatoms. The lowest BCUT2D eigenvalue weighted by atomic mass is 9.88. The van der Waals surface area contributed by atoms with Crippen LogP contribution in [0.3, 0.4) is 0 Å². The molecule has 0 amide bonds. The molecule has 1 aliphatic rings. The first-order valence-corrected chi connectivity index (χ1v) is 7.58. The maximum Gasteiger partial charge on any atom is 0.269 e. The topological polar surface area (TPSA) is 101 Å². The van der Waals surface area contributed by atoms with Crippen LogP contribution in [0.25, 0.3) is 0 Å². The largest absolute Gasteiger partial charge is 0.872 e. The Morgan fingerprint density at radius 3 is 2.50 bits per heavy atom. The molecular weight excluding hydrogens is 312 g/mol. The van der Waals surface area contributed by atoms with E-state index in [0.717, 1.165) is 24.1 Å². The lowest BCUT2D eigenvalue weighted by Gasteiger charge is -2.28. The van der Waals surface area contributed by atoms with E-state index in [-0.39, 0.29) is 17.5 Å². The van der Waals surface area contributed by atoms with Gasteiger partial charge in [0.25, 0.3) is 5.69 Å². The third-order valence-corrected chi connectivity index (χ3v) is 4.34. The number of ether oxygens (including phenoxy) is 2. The number of nitro benzene ring substituents is 1. The minimum absolute atomic E-state index is 0.0781. The Kier molecular flexibility index (Phi) is 4.26. The van der Waals surface area contributed by atoms with Gasteiger partial charge in [-0.3, -0.25) is 10.1 Å². The summed E-state index contributed by atoms with van der Waals surface area (Å²) in [6, 6.07) is 7.35. The van der Waals surface area contributed by atoms with E-state index in [2.05, 4.69) is 0 Å². The SMILES string of the molecule is COc1cc2c(cc1OC)[C@H](c1cc([N+](=O)[O-])ccc1[O-])[NH2+]CC2. The fraction of sp³-hybridized carbons (Fsp3) is 0.294. The van der Waals surface area contributed by atoms with Crippen molar-refractivity contribution in [1.29, 1.82) is 0 Å². The second-order valence-electron chi connectivity index (χ2n) is 5.64. The number of nitro groups is 1. The molecular formula is C17H18N2O5. The summed E-state index contributed by atoms with van der Waals surface area (Å²) < 4.78 is 10.7. The van der Waals surface area contributed by atoms with Gasteiger partial charge >= 0.3 is 0 Å². The summed E-state index contributed by atoms with van der Waals surface area (Å²) in [7, 11) is 3.13. The maximum atomic E-state index is 12.3. The molecule has 0 saturated heterocycles. The molecule has 7 nitrogen and oxygen atoms in total. The fourth-order valence-corrected chi connectivity index (χ4v) is 3.16. The van der Waals surface area contributed by atoms with Gasteiger partial charge in [-0.15, -0.1) is 0 Å². The smallest absolute Gasteiger partial charge is 0.269 e. The van der Waals surface area contributed by atoms with Crippen LogP contribution in [0.2, 0.25) is 0 Å². The number of quaternary nitrogens is 1. The minimum atomic E-state index is -0.485. The highest BCUT2D eigenvalue weighted by atomic mass is 16.6. The highest BCUT2D eigenvalue weighted by Crippen LogP contribution is 2.37. The first-order chi connectivity index (χ1) is 11.5. The summed E-state index contributed by atoms with van der Waals surface area (Å²) in [5, 5.41) is 25.3. The van der Waals surface area contributed by atoms with E-state index in [1.807, 2.05) is 17.4 Å². The number of rotatable bonds is 4. The summed E-state index contributed by atoms with van der Waals surface area (Å²) in [4.78, 5) is 10.5. The number of nitrogens with zero attached hydrogens (tertiary/aromatic N) is 1. The van der Waals surface area contributed by atoms with Crippen molar-refractivity contribution in [3.05, 3.63) is 57.1 Å². The minimum Gasteiger partial charge on any atom is -0.872 e. The van der Waals surface area contributed by atoms with Gasteiger partial charge in [-0.05, 0) is 17.7 Å². The molecule has 24 heavy (non-hydrogen) atoms. The predicted molar refractivity (Wildman–Crippen MR) is 84.4 cm³/mol. The van der Waals surface area contributed by atoms with Crippen LogP contribution >= 0.6 is 0 Å². The van der Waals surface area contributed by atoms with E-state index >= 15 is 0 Å². The molecule has 2 aromatic rings. The van der Waals surface area contributed by atoms with Gasteiger partial charge in [-0.2, -0.15) is 0 Å². The van der Waals surface area contributed by atoms with Crippen LogP contribution in [-0.4, -0.2) is 25.7 Å². The van der Waals surface area contributed by atoms with Crippen molar-refractivity contribution in [1.82, 2.24) is 0 Å². The molecule has 2 N–H and O–H groups in total. The van der Waals surface area contributed by atoms with E-state index in [1.165, 1.54) is 18.2 Å². The van der Waals surface area contributed by atoms with Gasteiger partial charge in [-0.1, -0.05) is 11.8 Å². The molecule has 0 fully saturated rings. The summed E-state index contributed by atoms with van der Waals surface area (Å²) >= 11 is 0. The van der Waals surface area contributed by atoms with Gasteiger partial charge in [0.2, 0.25) is 0 Å². The van der Waals surface area contributed by atoms with Crippen LogP contribution in [0.1, 0.15) is 22.7 Å². The van der Waals surface area contributed by atoms with Gasteiger partial charge in [-0.25, -0.2) is 0 Å². The average molecular weight is 330 g/mol. The first-order valence-electron chi connectivity index (χ1n) is 7.58. The van der Waals surface area contributed by atoms with Crippen LogP contribution in [0.4, 0.5) is 5.69 Å². The normalized spacial score (nSPS) is 16.3. The summed E-state index contributed by atoms with van der Waals surface area (Å²) in [5.41, 5.74) is 2.32. The summed E-state index contributed by atoms with van der Waals surface area (Å²) in [6.45, 7) is 0.787. The summed E-state index contributed by atoms with van der Waals surface area (Å²) in [6.07, 6.45) is 0.829. The van der Waals surface area contributed by atoms with Gasteiger partial charge in [0.05, 0.1) is 25.7 Å². The predicted octanol–water partition coefficient (Wildman–Crippen LogP) is 0.894. The van der Waals surface area contributed by atoms with E-state index < -0.39 is 4.92 Å². The molecule has 1 aliphatic heterocycles. The van der Waals surface area contributed by atoms with Crippen molar-refractivity contribution in [3.63, 3.8) is 0 Å². The number of fused-ring (bicyclic) bond motifs is 1. The van der Waals surface area contributed by atoms with Crippen LogP contribution < -0.4 is 19.9 Å². The zero-order valence-corrected chi connectivity index (χ0v) is 13.4. The number of nitrogens with two attached hydrogens (primary N) is 1. The van der Waals surface area contributed by atoms with Crippen molar-refractivity contribution < 1.29 is 24.8 Å². The molecule has 0 spiro atoms. The molecule has 2 aromatic carbocycles. The number of hydrogen-bond donors (Lipinski definition) is 1. The highest BCUT2D eigenvalue weighted by molar-refractivity contribution is 5.53. The van der Waals surface area contributed by atoms with Crippen LogP contribution in [0, 0.1) is 10.1 Å². The summed E-state index contributed by atoms with van der Waals surface area (Å²) in [5.74, 6) is 1.01. The molecule has 1 atom stereocenters. The zero-order valence-electron chi connectivity index (χ0n) is 13.4. The van der Waals surface area contributed by atoms with Crippen LogP contribution in [-0.2, 0) is 6.42 Å². The Morgan fingerprint density at radius 1 is 1.12 bits per heavy atom. The third-order valence-electron chi connectivity index (χ3n) is 4.34. The van der Waals surface area contributed by atoms with E-state index in [0.29, 0.717) is 17.1 Å². The van der Waals surface area contributed by atoms with Crippen molar-refractivity contribution in [3.8, 4) is 17.2 Å². The first kappa shape index (κ1) is 16.1. The molecule has 1 heterocycles. The lowest BCUT2D eigenvalue weighted by molar-refractivity contribution is -0.690. The van der Waals surface area contributed by atoms with Gasteiger partial charge < -0.3 is 19.9 Å². The second-order valence-corrected chi connectivity index (χ2v) is 5.64. The maximum absolute atomic E-state index is 12.3. The average Bonchev–Trinajstić information content (AvgIpc) is 2.60. The van der Waals surface area contributed by atoms with Crippen LogP contribution in [0.5, 0.6) is 17.2 Å². The van der Waals surface area contributed by atoms with E-state index in [1.54, 1.807) is 14.2 Å². The Bertz CT molecular complexity index is 791. The van der Waals surface area contributed by atoms with Gasteiger partial charge in [0.15, 0.2) is 11.5 Å². The molecule has 0 saturated carbocycles. The molecule has 0 aliphatic carbocycles. The van der Waals surface area contributed by atoms with Crippen molar-refractivity contribution >= 4 is 5.69 Å². The molecule has 0 unspecified atom stereocenters. The van der Waals surface area contributed by atoms with E-state index in [4.69, 9.17) is 9.47 Å². The second kappa shape index (κ2) is 6.37. The number of benzene rings is 2. The lowest BCUT2D eigenvalue weighted by Crippen LogP contribution is -2.87. The highest BCUT2D eigenvalue weighted by Gasteiger charge is 2.28. The van der Waals surface area contributed by atoms with Gasteiger partial charge in [0, 0.05) is 29.7 Å². The standard InChI is InChI=1S/C17H18N2O5/c1-23-15-7-10-5-6-18-17(12(10)9-16(15)24-2)13-8-11(19(21)22)3-4-14(13)20/h3-4,7-9,17-18,20H,5-6H2,1-2H3/t17-/m1/s1. The van der Waals surface area contributed by atoms with Crippen LogP contribution in [0.15, 0.2) is 30.3 Å². The Morgan fingerprint density at radius 2 is 1.83 bits per heavy atom. The number of methoxy groups -OCH3 is 2. The molecule has 3 rings (SSSR count). The molecule has 0 bridgehead atoms. The van der Waals surface area contributed by atoms with Crippen molar-refractivity contribution in [2.24, 2.45) is 0 Å².